The fourth-order valence-corrected chi connectivity index (χ4v) is 3.76. The summed E-state index contributed by atoms with van der Waals surface area (Å²) in [5, 5.41) is 0.489. The maximum atomic E-state index is 12.9. The summed E-state index contributed by atoms with van der Waals surface area (Å²) in [7, 11) is -3.55. The van der Waals surface area contributed by atoms with Crippen LogP contribution in [0, 0.1) is 5.82 Å². The first-order valence-corrected chi connectivity index (χ1v) is 8.91. The molecule has 0 bridgehead atoms. The number of thiazole rings is 1. The van der Waals surface area contributed by atoms with Gasteiger partial charge in [0.1, 0.15) is 11.3 Å². The van der Waals surface area contributed by atoms with Crippen LogP contribution >= 0.6 is 11.3 Å². The molecule has 9 heteroatoms. The van der Waals surface area contributed by atoms with Crippen molar-refractivity contribution in [2.75, 3.05) is 12.0 Å². The Morgan fingerprint density at radius 1 is 1.18 bits per heavy atom. The minimum atomic E-state index is -3.55. The molecule has 0 spiro atoms. The molecule has 2 heterocycles. The van der Waals surface area contributed by atoms with E-state index in [1.807, 2.05) is 0 Å². The highest BCUT2D eigenvalue weighted by molar-refractivity contribution is 7.90. The number of hydrogen-bond acceptors (Lipinski definition) is 7. The smallest absolute Gasteiger partial charge is 0.222 e. The minimum Gasteiger partial charge on any atom is -0.368 e. The standard InChI is InChI=1S/C13H11FN4O2S2/c1-22(19,20)12-10-11(17-13(15)18-12)21-9(16-10)6-7-2-4-8(14)5-3-7/h2-5H,6H2,1H3,(H2,15,17,18). The molecule has 0 aliphatic carbocycles. The van der Waals surface area contributed by atoms with Crippen LogP contribution in [0.1, 0.15) is 10.6 Å². The molecule has 22 heavy (non-hydrogen) atoms. The van der Waals surface area contributed by atoms with E-state index >= 15 is 0 Å². The predicted molar refractivity (Wildman–Crippen MR) is 81.9 cm³/mol. The van der Waals surface area contributed by atoms with Crippen LogP contribution in [0.25, 0.3) is 10.3 Å². The highest BCUT2D eigenvalue weighted by Crippen LogP contribution is 2.27. The molecule has 0 radical (unpaired) electrons. The quantitative estimate of drug-likeness (QED) is 0.731. The van der Waals surface area contributed by atoms with Crippen molar-refractivity contribution >= 4 is 37.5 Å². The number of halogens is 1. The van der Waals surface area contributed by atoms with E-state index in [9.17, 15) is 12.8 Å². The van der Waals surface area contributed by atoms with Gasteiger partial charge in [-0.25, -0.2) is 22.8 Å². The molecule has 0 unspecified atom stereocenters. The van der Waals surface area contributed by atoms with E-state index < -0.39 is 9.84 Å². The molecule has 2 N–H and O–H groups in total. The third kappa shape index (κ3) is 2.90. The normalized spacial score (nSPS) is 11.9. The van der Waals surface area contributed by atoms with Crippen LogP contribution in [0.2, 0.25) is 0 Å². The molecule has 2 aromatic heterocycles. The SMILES string of the molecule is CS(=O)(=O)c1nc(N)nc2sc(Cc3ccc(F)cc3)nc12. The van der Waals surface area contributed by atoms with Gasteiger partial charge in [-0.2, -0.15) is 4.98 Å². The summed E-state index contributed by atoms with van der Waals surface area (Å²) in [6.07, 6.45) is 1.50. The number of fused-ring (bicyclic) bond motifs is 1. The molecule has 6 nitrogen and oxygen atoms in total. The Morgan fingerprint density at radius 3 is 2.50 bits per heavy atom. The average Bonchev–Trinajstić information content (AvgIpc) is 2.81. The summed E-state index contributed by atoms with van der Waals surface area (Å²) in [4.78, 5) is 12.5. The van der Waals surface area contributed by atoms with Crippen molar-refractivity contribution in [2.45, 2.75) is 11.4 Å². The van der Waals surface area contributed by atoms with Gasteiger partial charge in [0.25, 0.3) is 0 Å². The van der Waals surface area contributed by atoms with E-state index in [2.05, 4.69) is 15.0 Å². The van der Waals surface area contributed by atoms with E-state index in [1.54, 1.807) is 12.1 Å². The number of nitrogen functional groups attached to an aromatic ring is 1. The summed E-state index contributed by atoms with van der Waals surface area (Å²) < 4.78 is 36.5. The number of anilines is 1. The van der Waals surface area contributed by atoms with Gasteiger partial charge in [0.05, 0.1) is 5.01 Å². The molecule has 0 saturated carbocycles. The number of hydrogen-bond donors (Lipinski definition) is 1. The Balaban J connectivity index is 2.08. The second kappa shape index (κ2) is 5.25. The summed E-state index contributed by atoms with van der Waals surface area (Å²) in [5.41, 5.74) is 6.63. The number of nitrogens with zero attached hydrogens (tertiary/aromatic N) is 3. The Kier molecular flexibility index (Phi) is 3.53. The van der Waals surface area contributed by atoms with E-state index in [0.29, 0.717) is 16.3 Å². The largest absolute Gasteiger partial charge is 0.368 e. The Labute approximate surface area is 129 Å². The van der Waals surface area contributed by atoms with Gasteiger partial charge >= 0.3 is 0 Å². The average molecular weight is 338 g/mol. The lowest BCUT2D eigenvalue weighted by atomic mass is 10.1. The first-order valence-electron chi connectivity index (χ1n) is 6.20. The van der Waals surface area contributed by atoms with E-state index in [4.69, 9.17) is 5.73 Å². The fourth-order valence-electron chi connectivity index (χ4n) is 1.97. The van der Waals surface area contributed by atoms with Gasteiger partial charge in [-0.05, 0) is 17.7 Å². The minimum absolute atomic E-state index is 0.107. The van der Waals surface area contributed by atoms with Crippen LogP contribution < -0.4 is 5.73 Å². The van der Waals surface area contributed by atoms with Crippen molar-refractivity contribution in [3.05, 3.63) is 40.7 Å². The van der Waals surface area contributed by atoms with E-state index in [1.165, 1.54) is 23.5 Å². The monoisotopic (exact) mass is 338 g/mol. The van der Waals surface area contributed by atoms with Crippen LogP contribution in [-0.4, -0.2) is 29.6 Å². The van der Waals surface area contributed by atoms with Gasteiger partial charge in [-0.1, -0.05) is 23.5 Å². The highest BCUT2D eigenvalue weighted by atomic mass is 32.2. The molecule has 0 aliphatic rings. The molecule has 0 atom stereocenters. The summed E-state index contributed by atoms with van der Waals surface area (Å²) in [6, 6.07) is 6.03. The lowest BCUT2D eigenvalue weighted by Gasteiger charge is -1.99. The van der Waals surface area contributed by atoms with Gasteiger partial charge in [-0.3, -0.25) is 0 Å². The lowest BCUT2D eigenvalue weighted by molar-refractivity contribution is 0.599. The van der Waals surface area contributed by atoms with Crippen LogP contribution in [0.5, 0.6) is 0 Å². The number of sulfone groups is 1. The Hall–Kier alpha value is -2.13. The molecule has 0 amide bonds. The summed E-state index contributed by atoms with van der Waals surface area (Å²) in [6.45, 7) is 0. The van der Waals surface area contributed by atoms with Crippen molar-refractivity contribution in [2.24, 2.45) is 0 Å². The molecular formula is C13H11FN4O2S2. The number of benzene rings is 1. The van der Waals surface area contributed by atoms with Crippen LogP contribution in [-0.2, 0) is 16.3 Å². The van der Waals surface area contributed by atoms with Crippen molar-refractivity contribution < 1.29 is 12.8 Å². The topological polar surface area (TPSA) is 98.8 Å². The molecule has 3 aromatic rings. The summed E-state index contributed by atoms with van der Waals surface area (Å²) >= 11 is 1.24. The maximum Gasteiger partial charge on any atom is 0.222 e. The first-order chi connectivity index (χ1) is 10.3. The summed E-state index contributed by atoms with van der Waals surface area (Å²) in [5.74, 6) is -0.420. The third-order valence-corrected chi connectivity index (χ3v) is 4.84. The third-order valence-electron chi connectivity index (χ3n) is 2.91. The zero-order valence-corrected chi connectivity index (χ0v) is 13.1. The Bertz CT molecular complexity index is 952. The maximum absolute atomic E-state index is 12.9. The molecular weight excluding hydrogens is 327 g/mol. The number of rotatable bonds is 3. The lowest BCUT2D eigenvalue weighted by Crippen LogP contribution is -2.05. The zero-order chi connectivity index (χ0) is 15.9. The van der Waals surface area contributed by atoms with E-state index in [-0.39, 0.29) is 22.3 Å². The van der Waals surface area contributed by atoms with Gasteiger partial charge in [0, 0.05) is 12.7 Å². The van der Waals surface area contributed by atoms with Crippen molar-refractivity contribution in [1.29, 1.82) is 0 Å². The second-order valence-corrected chi connectivity index (χ2v) is 7.72. The molecule has 114 valence electrons. The van der Waals surface area contributed by atoms with Gasteiger partial charge in [0.15, 0.2) is 19.7 Å². The van der Waals surface area contributed by atoms with Crippen LogP contribution in [0.15, 0.2) is 29.3 Å². The number of nitrogens with two attached hydrogens (primary N) is 1. The van der Waals surface area contributed by atoms with Crippen LogP contribution in [0.3, 0.4) is 0 Å². The van der Waals surface area contributed by atoms with Crippen LogP contribution in [0.4, 0.5) is 10.3 Å². The molecule has 3 rings (SSSR count). The Morgan fingerprint density at radius 2 is 1.86 bits per heavy atom. The van der Waals surface area contributed by atoms with Gasteiger partial charge < -0.3 is 5.73 Å². The zero-order valence-electron chi connectivity index (χ0n) is 11.4. The van der Waals surface area contributed by atoms with Crippen molar-refractivity contribution in [3.8, 4) is 0 Å². The van der Waals surface area contributed by atoms with Crippen molar-refractivity contribution in [1.82, 2.24) is 15.0 Å². The second-order valence-electron chi connectivity index (χ2n) is 4.72. The molecule has 1 aromatic carbocycles. The fraction of sp³-hybridized carbons (Fsp3) is 0.154. The van der Waals surface area contributed by atoms with E-state index in [0.717, 1.165) is 11.8 Å². The molecule has 0 saturated heterocycles. The van der Waals surface area contributed by atoms with Gasteiger partial charge in [-0.15, -0.1) is 0 Å². The predicted octanol–water partition coefficient (Wildman–Crippen LogP) is 1.80. The van der Waals surface area contributed by atoms with Crippen molar-refractivity contribution in [3.63, 3.8) is 0 Å². The van der Waals surface area contributed by atoms with Gasteiger partial charge in [0.2, 0.25) is 5.95 Å². The molecule has 0 fully saturated rings. The first kappa shape index (κ1) is 14.8. The number of aromatic nitrogens is 3. The molecule has 0 aliphatic heterocycles. The highest BCUT2D eigenvalue weighted by Gasteiger charge is 2.20.